The quantitative estimate of drug-likeness (QED) is 0.223. The van der Waals surface area contributed by atoms with E-state index in [1.54, 1.807) is 25.1 Å². The van der Waals surface area contributed by atoms with Gasteiger partial charge in [0.1, 0.15) is 12.4 Å². The van der Waals surface area contributed by atoms with E-state index in [9.17, 15) is 4.79 Å². The van der Waals surface area contributed by atoms with Crippen molar-refractivity contribution in [3.63, 3.8) is 0 Å². The second kappa shape index (κ2) is 14.2. The van der Waals surface area contributed by atoms with Gasteiger partial charge in [0.15, 0.2) is 5.96 Å². The van der Waals surface area contributed by atoms with E-state index in [1.807, 2.05) is 24.3 Å². The van der Waals surface area contributed by atoms with E-state index in [1.165, 1.54) is 0 Å². The Morgan fingerprint density at radius 1 is 1.33 bits per heavy atom. The van der Waals surface area contributed by atoms with Gasteiger partial charge >= 0.3 is 0 Å². The van der Waals surface area contributed by atoms with Gasteiger partial charge in [-0.15, -0.1) is 24.0 Å². The summed E-state index contributed by atoms with van der Waals surface area (Å²) in [6, 6.07) is 8.30. The zero-order chi connectivity index (χ0) is 21.1. The van der Waals surface area contributed by atoms with E-state index >= 15 is 0 Å². The third kappa shape index (κ3) is 8.91. The molecule has 8 heteroatoms. The lowest BCUT2D eigenvalue weighted by Gasteiger charge is -2.33. The Balaban J connectivity index is 0.00000450. The lowest BCUT2D eigenvalue weighted by Crippen LogP contribution is -2.50. The van der Waals surface area contributed by atoms with Crippen LogP contribution in [0.15, 0.2) is 41.9 Å². The van der Waals surface area contributed by atoms with Crippen LogP contribution in [0.25, 0.3) is 0 Å². The number of rotatable bonds is 9. The number of hydrogen-bond donors (Lipinski definition) is 2. The van der Waals surface area contributed by atoms with Gasteiger partial charge in [-0.05, 0) is 25.8 Å². The van der Waals surface area contributed by atoms with Crippen LogP contribution in [0.2, 0.25) is 0 Å². The minimum absolute atomic E-state index is 0. The third-order valence-corrected chi connectivity index (χ3v) is 4.87. The Hall–Kier alpha value is -1.81. The maximum absolute atomic E-state index is 11.9. The summed E-state index contributed by atoms with van der Waals surface area (Å²) in [5.41, 5.74) is 1.04. The largest absolute Gasteiger partial charge is 0.489 e. The van der Waals surface area contributed by atoms with E-state index < -0.39 is 0 Å². The van der Waals surface area contributed by atoms with Crippen molar-refractivity contribution in [3.8, 4) is 5.75 Å². The predicted octanol–water partition coefficient (Wildman–Crippen LogP) is 2.48. The summed E-state index contributed by atoms with van der Waals surface area (Å²) in [4.78, 5) is 20.5. The number of likely N-dealkylation sites (tertiary alicyclic amines) is 1. The number of amides is 1. The fourth-order valence-corrected chi connectivity index (χ4v) is 3.17. The van der Waals surface area contributed by atoms with E-state index in [-0.39, 0.29) is 29.9 Å². The number of ether oxygens (including phenoxy) is 1. The summed E-state index contributed by atoms with van der Waals surface area (Å²) in [6.45, 7) is 9.91. The molecule has 0 bridgehead atoms. The summed E-state index contributed by atoms with van der Waals surface area (Å²) in [5, 5.41) is 6.87. The predicted molar refractivity (Wildman–Crippen MR) is 134 cm³/mol. The average Bonchev–Trinajstić information content (AvgIpc) is 2.72. The Morgan fingerprint density at radius 2 is 2.03 bits per heavy atom. The summed E-state index contributed by atoms with van der Waals surface area (Å²) in [7, 11) is 3.60. The Kier molecular flexibility index (Phi) is 12.4. The number of benzene rings is 1. The minimum Gasteiger partial charge on any atom is -0.489 e. The second-order valence-electron chi connectivity index (χ2n) is 7.39. The first kappa shape index (κ1) is 26.2. The topological polar surface area (TPSA) is 69.2 Å². The maximum atomic E-state index is 11.9. The van der Waals surface area contributed by atoms with Crippen molar-refractivity contribution in [3.05, 3.63) is 42.5 Å². The SMILES string of the molecule is C=CCOc1ccccc1CN=C(NCC)NC1CCN(CC(=O)N(C)C)CC1.I. The first-order valence-electron chi connectivity index (χ1n) is 10.3. The Bertz CT molecular complexity index is 688. The van der Waals surface area contributed by atoms with Gasteiger partial charge in [0.05, 0.1) is 13.1 Å². The number of hydrogen-bond acceptors (Lipinski definition) is 4. The second-order valence-corrected chi connectivity index (χ2v) is 7.39. The standard InChI is InChI=1S/C22H35N5O2.HI/c1-5-15-29-20-10-8-7-9-18(20)16-24-22(23-6-2)25-19-11-13-27(14-12-19)17-21(28)26(3)4;/h5,7-10,19H,1,6,11-17H2,2-4H3,(H2,23,24,25);1H. The van der Waals surface area contributed by atoms with Crippen LogP contribution in [-0.2, 0) is 11.3 Å². The molecule has 0 aromatic heterocycles. The summed E-state index contributed by atoms with van der Waals surface area (Å²) in [6.07, 6.45) is 3.72. The van der Waals surface area contributed by atoms with Crippen LogP contribution in [0.1, 0.15) is 25.3 Å². The van der Waals surface area contributed by atoms with Crippen molar-refractivity contribution in [2.24, 2.45) is 4.99 Å². The van der Waals surface area contributed by atoms with Crippen LogP contribution in [-0.4, -0.2) is 74.6 Å². The van der Waals surface area contributed by atoms with Gasteiger partial charge in [-0.25, -0.2) is 4.99 Å². The molecule has 1 saturated heterocycles. The molecule has 1 aromatic rings. The fourth-order valence-electron chi connectivity index (χ4n) is 3.17. The van der Waals surface area contributed by atoms with Crippen LogP contribution in [0.3, 0.4) is 0 Å². The van der Waals surface area contributed by atoms with Gasteiger partial charge < -0.3 is 20.3 Å². The zero-order valence-electron chi connectivity index (χ0n) is 18.4. The fraction of sp³-hybridized carbons (Fsp3) is 0.545. The molecule has 0 spiro atoms. The Morgan fingerprint density at radius 3 is 2.67 bits per heavy atom. The van der Waals surface area contributed by atoms with Crippen molar-refractivity contribution >= 4 is 35.8 Å². The number of aliphatic imine (C=N–C) groups is 1. The number of nitrogens with one attached hydrogen (secondary N) is 2. The van der Waals surface area contributed by atoms with Gasteiger partial charge in [-0.3, -0.25) is 9.69 Å². The number of carbonyl (C=O) groups is 1. The molecular formula is C22H36IN5O2. The van der Waals surface area contributed by atoms with Gasteiger partial charge in [-0.1, -0.05) is 30.9 Å². The molecule has 2 rings (SSSR count). The van der Waals surface area contributed by atoms with E-state index in [0.29, 0.717) is 25.7 Å². The Labute approximate surface area is 198 Å². The molecule has 0 atom stereocenters. The highest BCUT2D eigenvalue weighted by atomic mass is 127. The van der Waals surface area contributed by atoms with Crippen LogP contribution in [0.4, 0.5) is 0 Å². The third-order valence-electron chi connectivity index (χ3n) is 4.87. The van der Waals surface area contributed by atoms with E-state index in [4.69, 9.17) is 9.73 Å². The lowest BCUT2D eigenvalue weighted by atomic mass is 10.1. The number of piperidine rings is 1. The summed E-state index contributed by atoms with van der Waals surface area (Å²) >= 11 is 0. The smallest absolute Gasteiger partial charge is 0.236 e. The van der Waals surface area contributed by atoms with Gasteiger partial charge in [0.2, 0.25) is 5.91 Å². The number of halogens is 1. The molecule has 1 heterocycles. The molecule has 2 N–H and O–H groups in total. The molecule has 1 amide bonds. The molecule has 1 aromatic carbocycles. The normalized spacial score (nSPS) is 15.1. The first-order chi connectivity index (χ1) is 14.0. The highest BCUT2D eigenvalue weighted by molar-refractivity contribution is 14.0. The van der Waals surface area contributed by atoms with Crippen molar-refractivity contribution in [1.82, 2.24) is 20.4 Å². The number of nitrogens with zero attached hydrogens (tertiary/aromatic N) is 3. The molecule has 168 valence electrons. The molecule has 1 aliphatic rings. The van der Waals surface area contributed by atoms with Crippen molar-refractivity contribution < 1.29 is 9.53 Å². The monoisotopic (exact) mass is 529 g/mol. The van der Waals surface area contributed by atoms with E-state index in [0.717, 1.165) is 49.7 Å². The highest BCUT2D eigenvalue weighted by Crippen LogP contribution is 2.19. The van der Waals surface area contributed by atoms with Crippen molar-refractivity contribution in [1.29, 1.82) is 0 Å². The first-order valence-corrected chi connectivity index (χ1v) is 10.3. The van der Waals surface area contributed by atoms with Crippen molar-refractivity contribution in [2.75, 3.05) is 46.9 Å². The minimum atomic E-state index is 0. The van der Waals surface area contributed by atoms with Crippen LogP contribution < -0.4 is 15.4 Å². The summed E-state index contributed by atoms with van der Waals surface area (Å²) in [5.74, 6) is 1.81. The molecular weight excluding hydrogens is 493 g/mol. The zero-order valence-corrected chi connectivity index (χ0v) is 20.7. The molecule has 0 radical (unpaired) electrons. The lowest BCUT2D eigenvalue weighted by molar-refractivity contribution is -0.130. The average molecular weight is 529 g/mol. The number of guanidine groups is 1. The number of para-hydroxylation sites is 1. The molecule has 1 fully saturated rings. The molecule has 1 aliphatic heterocycles. The van der Waals surface area contributed by atoms with Crippen LogP contribution in [0.5, 0.6) is 5.75 Å². The summed E-state index contributed by atoms with van der Waals surface area (Å²) < 4.78 is 5.72. The van der Waals surface area contributed by atoms with E-state index in [2.05, 4.69) is 29.0 Å². The van der Waals surface area contributed by atoms with Crippen molar-refractivity contribution in [2.45, 2.75) is 32.4 Å². The molecule has 0 saturated carbocycles. The molecule has 30 heavy (non-hydrogen) atoms. The van der Waals surface area contributed by atoms with Gasteiger partial charge in [0, 0.05) is 45.3 Å². The molecule has 7 nitrogen and oxygen atoms in total. The molecule has 0 unspecified atom stereocenters. The highest BCUT2D eigenvalue weighted by Gasteiger charge is 2.22. The molecule has 0 aliphatic carbocycles. The number of carbonyl (C=O) groups excluding carboxylic acids is 1. The van der Waals surface area contributed by atoms with Crippen LogP contribution in [0, 0.1) is 0 Å². The van der Waals surface area contributed by atoms with Gasteiger partial charge in [-0.2, -0.15) is 0 Å². The number of likely N-dealkylation sites (N-methyl/N-ethyl adjacent to an activating group) is 1. The maximum Gasteiger partial charge on any atom is 0.236 e. The van der Waals surface area contributed by atoms with Crippen LogP contribution >= 0.6 is 24.0 Å². The van der Waals surface area contributed by atoms with Gasteiger partial charge in [0.25, 0.3) is 0 Å².